The summed E-state index contributed by atoms with van der Waals surface area (Å²) in [6.07, 6.45) is 0.864. The first-order chi connectivity index (χ1) is 11.2. The number of ketones is 1. The van der Waals surface area contributed by atoms with Crippen LogP contribution in [0.25, 0.3) is 0 Å². The van der Waals surface area contributed by atoms with Gasteiger partial charge in [0.15, 0.2) is 10.9 Å². The molecule has 0 aromatic heterocycles. The van der Waals surface area contributed by atoms with Crippen molar-refractivity contribution in [3.05, 3.63) is 65.7 Å². The summed E-state index contributed by atoms with van der Waals surface area (Å²) in [6, 6.07) is 16.6. The van der Waals surface area contributed by atoms with E-state index in [1.807, 2.05) is 36.4 Å². The molecule has 120 valence electrons. The zero-order valence-electron chi connectivity index (χ0n) is 13.0. The van der Waals surface area contributed by atoms with E-state index < -0.39 is 0 Å². The summed E-state index contributed by atoms with van der Waals surface area (Å²) in [5, 5.41) is 6.69. The zero-order valence-corrected chi connectivity index (χ0v) is 13.9. The van der Waals surface area contributed by atoms with Gasteiger partial charge in [0, 0.05) is 31.4 Å². The van der Waals surface area contributed by atoms with Crippen molar-refractivity contribution in [3.63, 3.8) is 0 Å². The second-order valence-electron chi connectivity index (χ2n) is 4.97. The average Bonchev–Trinajstić information content (AvgIpc) is 2.59. The molecule has 0 radical (unpaired) electrons. The molecule has 0 bridgehead atoms. The van der Waals surface area contributed by atoms with Crippen LogP contribution in [-0.4, -0.2) is 31.2 Å². The highest BCUT2D eigenvalue weighted by Gasteiger charge is 2.13. The maximum atomic E-state index is 12.6. The van der Waals surface area contributed by atoms with E-state index >= 15 is 0 Å². The Balaban J connectivity index is 2.06. The monoisotopic (exact) mass is 328 g/mol. The van der Waals surface area contributed by atoms with Crippen molar-refractivity contribution in [1.29, 1.82) is 0 Å². The molecular formula is C18H20N2O2S. The number of hydrogen-bond donors (Lipinski definition) is 2. The highest BCUT2D eigenvalue weighted by atomic mass is 32.1. The van der Waals surface area contributed by atoms with Crippen LogP contribution in [0, 0.1) is 0 Å². The largest absolute Gasteiger partial charge is 0.385 e. The van der Waals surface area contributed by atoms with Gasteiger partial charge in [0.25, 0.3) is 0 Å². The molecule has 0 aliphatic carbocycles. The average molecular weight is 328 g/mol. The first-order valence-corrected chi connectivity index (χ1v) is 7.86. The van der Waals surface area contributed by atoms with Gasteiger partial charge in [0.2, 0.25) is 0 Å². The molecule has 0 unspecified atom stereocenters. The van der Waals surface area contributed by atoms with E-state index in [0.29, 0.717) is 35.1 Å². The zero-order chi connectivity index (χ0) is 16.5. The van der Waals surface area contributed by atoms with Crippen molar-refractivity contribution in [2.24, 2.45) is 0 Å². The summed E-state index contributed by atoms with van der Waals surface area (Å²) in [5.41, 5.74) is 1.95. The molecule has 0 fully saturated rings. The molecule has 0 heterocycles. The van der Waals surface area contributed by atoms with Crippen LogP contribution in [0.1, 0.15) is 22.3 Å². The van der Waals surface area contributed by atoms with Crippen LogP contribution in [-0.2, 0) is 4.74 Å². The van der Waals surface area contributed by atoms with Crippen LogP contribution >= 0.6 is 12.2 Å². The Kier molecular flexibility index (Phi) is 6.72. The Morgan fingerprint density at radius 1 is 1.09 bits per heavy atom. The fourth-order valence-corrected chi connectivity index (χ4v) is 2.33. The number of rotatable bonds is 7. The van der Waals surface area contributed by atoms with Gasteiger partial charge in [-0.05, 0) is 30.8 Å². The predicted octanol–water partition coefficient (Wildman–Crippen LogP) is 3.24. The standard InChI is InChI=1S/C18H20N2O2S/c1-22-13-7-12-19-18(23)20-16-11-6-5-10-15(16)17(21)14-8-3-2-4-9-14/h2-6,8-11H,7,12-13H2,1H3,(H2,19,20,23). The molecule has 0 aliphatic heterocycles. The molecule has 0 aliphatic rings. The number of carbonyl (C=O) groups is 1. The first kappa shape index (κ1) is 17.1. The summed E-state index contributed by atoms with van der Waals surface area (Å²) >= 11 is 5.27. The normalized spacial score (nSPS) is 10.1. The van der Waals surface area contributed by atoms with E-state index in [9.17, 15) is 4.79 Å². The molecule has 0 amide bonds. The van der Waals surface area contributed by atoms with Gasteiger partial charge >= 0.3 is 0 Å². The summed E-state index contributed by atoms with van der Waals surface area (Å²) in [7, 11) is 1.67. The Morgan fingerprint density at radius 3 is 2.52 bits per heavy atom. The van der Waals surface area contributed by atoms with E-state index in [0.717, 1.165) is 6.42 Å². The van der Waals surface area contributed by atoms with Crippen LogP contribution in [0.2, 0.25) is 0 Å². The minimum atomic E-state index is -0.0316. The lowest BCUT2D eigenvalue weighted by molar-refractivity contribution is 0.103. The van der Waals surface area contributed by atoms with Gasteiger partial charge in [-0.2, -0.15) is 0 Å². The number of ether oxygens (including phenoxy) is 1. The third-order valence-electron chi connectivity index (χ3n) is 3.27. The molecule has 5 heteroatoms. The van der Waals surface area contributed by atoms with Crippen LogP contribution in [0.15, 0.2) is 54.6 Å². The smallest absolute Gasteiger partial charge is 0.195 e. The van der Waals surface area contributed by atoms with E-state index in [1.54, 1.807) is 25.3 Å². The molecule has 0 atom stereocenters. The maximum absolute atomic E-state index is 12.6. The minimum absolute atomic E-state index is 0.0316. The number of nitrogens with one attached hydrogen (secondary N) is 2. The summed E-state index contributed by atoms with van der Waals surface area (Å²) in [5.74, 6) is -0.0316. The highest BCUT2D eigenvalue weighted by Crippen LogP contribution is 2.19. The third-order valence-corrected chi connectivity index (χ3v) is 3.51. The van der Waals surface area contributed by atoms with Crippen molar-refractivity contribution >= 4 is 28.8 Å². The van der Waals surface area contributed by atoms with Crippen LogP contribution in [0.5, 0.6) is 0 Å². The van der Waals surface area contributed by atoms with E-state index in [2.05, 4.69) is 10.6 Å². The second kappa shape index (κ2) is 9.02. The molecule has 0 saturated carbocycles. The molecule has 0 spiro atoms. The van der Waals surface area contributed by atoms with Gasteiger partial charge in [-0.15, -0.1) is 0 Å². The molecule has 2 N–H and O–H groups in total. The second-order valence-corrected chi connectivity index (χ2v) is 5.38. The Bertz CT molecular complexity index is 659. The van der Waals surface area contributed by atoms with Crippen molar-refractivity contribution in [2.45, 2.75) is 6.42 Å². The Labute approximate surface area is 141 Å². The summed E-state index contributed by atoms with van der Waals surface area (Å²) in [6.45, 7) is 1.40. The van der Waals surface area contributed by atoms with Crippen LogP contribution in [0.4, 0.5) is 5.69 Å². The molecule has 23 heavy (non-hydrogen) atoms. The summed E-state index contributed by atoms with van der Waals surface area (Å²) in [4.78, 5) is 12.6. The van der Waals surface area contributed by atoms with Gasteiger partial charge < -0.3 is 15.4 Å². The lowest BCUT2D eigenvalue weighted by Crippen LogP contribution is -2.30. The number of benzene rings is 2. The number of methoxy groups -OCH3 is 1. The van der Waals surface area contributed by atoms with Crippen molar-refractivity contribution in [2.75, 3.05) is 25.6 Å². The first-order valence-electron chi connectivity index (χ1n) is 7.45. The summed E-state index contributed by atoms with van der Waals surface area (Å²) < 4.78 is 4.99. The van der Waals surface area contributed by atoms with E-state index in [4.69, 9.17) is 17.0 Å². The third kappa shape index (κ3) is 5.16. The number of anilines is 1. The fraction of sp³-hybridized carbons (Fsp3) is 0.222. The lowest BCUT2D eigenvalue weighted by Gasteiger charge is -2.13. The Hall–Kier alpha value is -2.24. The number of carbonyl (C=O) groups excluding carboxylic acids is 1. The highest BCUT2D eigenvalue weighted by molar-refractivity contribution is 7.80. The van der Waals surface area contributed by atoms with E-state index in [1.165, 1.54) is 0 Å². The van der Waals surface area contributed by atoms with E-state index in [-0.39, 0.29) is 5.78 Å². The number of thiocarbonyl (C=S) groups is 1. The lowest BCUT2D eigenvalue weighted by atomic mass is 10.0. The van der Waals surface area contributed by atoms with Crippen LogP contribution in [0.3, 0.4) is 0 Å². The molecule has 2 rings (SSSR count). The predicted molar refractivity (Wildman–Crippen MR) is 97.0 cm³/mol. The molecule has 2 aromatic carbocycles. The molecule has 2 aromatic rings. The van der Waals surface area contributed by atoms with Crippen molar-refractivity contribution in [3.8, 4) is 0 Å². The van der Waals surface area contributed by atoms with Gasteiger partial charge in [0.05, 0.1) is 5.69 Å². The number of hydrogen-bond acceptors (Lipinski definition) is 3. The quantitative estimate of drug-likeness (QED) is 0.464. The molecule has 4 nitrogen and oxygen atoms in total. The van der Waals surface area contributed by atoms with Gasteiger partial charge in [-0.25, -0.2) is 0 Å². The van der Waals surface area contributed by atoms with Crippen molar-refractivity contribution < 1.29 is 9.53 Å². The molecular weight excluding hydrogens is 308 g/mol. The van der Waals surface area contributed by atoms with Gasteiger partial charge in [-0.3, -0.25) is 4.79 Å². The Morgan fingerprint density at radius 2 is 1.78 bits per heavy atom. The van der Waals surface area contributed by atoms with Crippen molar-refractivity contribution in [1.82, 2.24) is 5.32 Å². The van der Waals surface area contributed by atoms with Crippen LogP contribution < -0.4 is 10.6 Å². The van der Waals surface area contributed by atoms with Gasteiger partial charge in [-0.1, -0.05) is 42.5 Å². The topological polar surface area (TPSA) is 50.4 Å². The molecule has 0 saturated heterocycles. The fourth-order valence-electron chi connectivity index (χ4n) is 2.12. The number of para-hydroxylation sites is 1. The SMILES string of the molecule is COCCCNC(=S)Nc1ccccc1C(=O)c1ccccc1. The van der Waals surface area contributed by atoms with Gasteiger partial charge in [0.1, 0.15) is 0 Å². The minimum Gasteiger partial charge on any atom is -0.385 e. The maximum Gasteiger partial charge on any atom is 0.195 e.